The Labute approximate surface area is 111 Å². The molecule has 0 aliphatic rings. The summed E-state index contributed by atoms with van der Waals surface area (Å²) in [5.74, 6) is 1.44. The van der Waals surface area contributed by atoms with Gasteiger partial charge in [0, 0.05) is 5.69 Å². The predicted octanol–water partition coefficient (Wildman–Crippen LogP) is 3.38. The lowest BCUT2D eigenvalue weighted by Crippen LogP contribution is -2.09. The Morgan fingerprint density at radius 2 is 1.67 bits per heavy atom. The number of halogens is 1. The largest absolute Gasteiger partial charge is 0.490 e. The van der Waals surface area contributed by atoms with Crippen LogP contribution < -0.4 is 15.2 Å². The molecule has 0 radical (unpaired) electrons. The molecule has 18 heavy (non-hydrogen) atoms. The molecule has 0 atom stereocenters. The van der Waals surface area contributed by atoms with Crippen molar-refractivity contribution in [3.05, 3.63) is 53.6 Å². The molecule has 0 unspecified atom stereocenters. The molecule has 0 heterocycles. The molecule has 0 saturated heterocycles. The highest BCUT2D eigenvalue weighted by Gasteiger charge is 2.01. The molecule has 2 aromatic rings. The van der Waals surface area contributed by atoms with E-state index in [0.29, 0.717) is 29.7 Å². The molecule has 4 heteroatoms. The Hall–Kier alpha value is -1.87. The molecule has 0 spiro atoms. The summed E-state index contributed by atoms with van der Waals surface area (Å²) in [5, 5.41) is 0.509. The van der Waals surface area contributed by atoms with Crippen molar-refractivity contribution in [3.8, 4) is 11.5 Å². The van der Waals surface area contributed by atoms with E-state index >= 15 is 0 Å². The molecular formula is C14H14ClNO2. The summed E-state index contributed by atoms with van der Waals surface area (Å²) in [5.41, 5.74) is 6.21. The third-order valence-corrected chi connectivity index (χ3v) is 2.60. The zero-order valence-corrected chi connectivity index (χ0v) is 10.6. The van der Waals surface area contributed by atoms with Crippen molar-refractivity contribution in [2.24, 2.45) is 0 Å². The van der Waals surface area contributed by atoms with Crippen molar-refractivity contribution in [3.63, 3.8) is 0 Å². The van der Waals surface area contributed by atoms with E-state index in [2.05, 4.69) is 0 Å². The topological polar surface area (TPSA) is 44.5 Å². The Morgan fingerprint density at radius 3 is 2.39 bits per heavy atom. The lowest BCUT2D eigenvalue weighted by molar-refractivity contribution is 0.217. The quantitative estimate of drug-likeness (QED) is 0.664. The van der Waals surface area contributed by atoms with Crippen LogP contribution >= 0.6 is 11.6 Å². The van der Waals surface area contributed by atoms with Crippen LogP contribution in [0.4, 0.5) is 5.69 Å². The van der Waals surface area contributed by atoms with Gasteiger partial charge >= 0.3 is 0 Å². The summed E-state index contributed by atoms with van der Waals surface area (Å²) < 4.78 is 11.0. The van der Waals surface area contributed by atoms with Crippen molar-refractivity contribution < 1.29 is 9.47 Å². The lowest BCUT2D eigenvalue weighted by Gasteiger charge is -2.09. The Bertz CT molecular complexity index is 502. The van der Waals surface area contributed by atoms with E-state index in [1.165, 1.54) is 0 Å². The van der Waals surface area contributed by atoms with Crippen LogP contribution in [0.15, 0.2) is 48.5 Å². The van der Waals surface area contributed by atoms with Gasteiger partial charge in [0.05, 0.1) is 5.02 Å². The minimum Gasteiger partial charge on any atom is -0.490 e. The fourth-order valence-corrected chi connectivity index (χ4v) is 1.71. The maximum atomic E-state index is 5.98. The van der Waals surface area contributed by atoms with Crippen LogP contribution in [0.1, 0.15) is 0 Å². The number of para-hydroxylation sites is 1. The molecule has 0 aliphatic carbocycles. The number of rotatable bonds is 5. The average Bonchev–Trinajstić information content (AvgIpc) is 2.38. The molecule has 2 N–H and O–H groups in total. The highest BCUT2D eigenvalue weighted by molar-refractivity contribution is 6.32. The van der Waals surface area contributed by atoms with Crippen LogP contribution in [0.5, 0.6) is 11.5 Å². The highest BCUT2D eigenvalue weighted by Crippen LogP contribution is 2.26. The van der Waals surface area contributed by atoms with E-state index in [9.17, 15) is 0 Å². The fourth-order valence-electron chi connectivity index (χ4n) is 1.46. The van der Waals surface area contributed by atoms with Gasteiger partial charge in [-0.3, -0.25) is 0 Å². The summed E-state index contributed by atoms with van der Waals surface area (Å²) in [4.78, 5) is 0. The van der Waals surface area contributed by atoms with E-state index in [1.807, 2.05) is 30.3 Å². The van der Waals surface area contributed by atoms with Gasteiger partial charge in [0.1, 0.15) is 24.7 Å². The van der Waals surface area contributed by atoms with Crippen molar-refractivity contribution in [1.82, 2.24) is 0 Å². The normalized spacial score (nSPS) is 10.1. The van der Waals surface area contributed by atoms with Crippen molar-refractivity contribution >= 4 is 17.3 Å². The molecule has 2 rings (SSSR count). The predicted molar refractivity (Wildman–Crippen MR) is 73.3 cm³/mol. The van der Waals surface area contributed by atoms with Crippen LogP contribution in [-0.4, -0.2) is 13.2 Å². The van der Waals surface area contributed by atoms with E-state index in [-0.39, 0.29) is 0 Å². The molecule has 0 amide bonds. The standard InChI is InChI=1S/C14H14ClNO2/c15-13-10-11(16)6-7-14(13)18-9-8-17-12-4-2-1-3-5-12/h1-7,10H,8-9,16H2. The Morgan fingerprint density at radius 1 is 0.944 bits per heavy atom. The minimum absolute atomic E-state index is 0.429. The maximum Gasteiger partial charge on any atom is 0.138 e. The molecule has 0 aliphatic heterocycles. The van der Waals surface area contributed by atoms with Crippen LogP contribution in [0, 0.1) is 0 Å². The molecule has 0 saturated carbocycles. The molecule has 0 aromatic heterocycles. The summed E-state index contributed by atoms with van der Waals surface area (Å²) in [6, 6.07) is 14.7. The summed E-state index contributed by atoms with van der Waals surface area (Å²) >= 11 is 5.98. The monoisotopic (exact) mass is 263 g/mol. The van der Waals surface area contributed by atoms with Crippen LogP contribution in [0.2, 0.25) is 5.02 Å². The van der Waals surface area contributed by atoms with Gasteiger partial charge in [-0.15, -0.1) is 0 Å². The summed E-state index contributed by atoms with van der Waals surface area (Å²) in [7, 11) is 0. The molecule has 3 nitrogen and oxygen atoms in total. The van der Waals surface area contributed by atoms with Crippen LogP contribution in [0.3, 0.4) is 0 Å². The van der Waals surface area contributed by atoms with E-state index in [4.69, 9.17) is 26.8 Å². The maximum absolute atomic E-state index is 5.98. The molecule has 94 valence electrons. The lowest BCUT2D eigenvalue weighted by atomic mass is 10.3. The number of anilines is 1. The first kappa shape index (κ1) is 12.6. The summed E-state index contributed by atoms with van der Waals surface area (Å²) in [6.07, 6.45) is 0. The third kappa shape index (κ3) is 3.57. The fraction of sp³-hybridized carbons (Fsp3) is 0.143. The van der Waals surface area contributed by atoms with Gasteiger partial charge in [-0.05, 0) is 30.3 Å². The Kier molecular flexibility index (Phi) is 4.31. The second kappa shape index (κ2) is 6.17. The number of hydrogen-bond acceptors (Lipinski definition) is 3. The van der Waals surface area contributed by atoms with Gasteiger partial charge in [0.2, 0.25) is 0 Å². The smallest absolute Gasteiger partial charge is 0.138 e. The molecule has 0 fully saturated rings. The molecular weight excluding hydrogens is 250 g/mol. The first-order valence-electron chi connectivity index (χ1n) is 5.61. The van der Waals surface area contributed by atoms with Gasteiger partial charge in [-0.1, -0.05) is 29.8 Å². The molecule has 2 aromatic carbocycles. The second-order valence-electron chi connectivity index (χ2n) is 3.70. The zero-order chi connectivity index (χ0) is 12.8. The van der Waals surface area contributed by atoms with Gasteiger partial charge in [-0.2, -0.15) is 0 Å². The number of ether oxygens (including phenoxy) is 2. The van der Waals surface area contributed by atoms with E-state index in [1.54, 1.807) is 18.2 Å². The van der Waals surface area contributed by atoms with Gasteiger partial charge in [0.15, 0.2) is 0 Å². The number of hydrogen-bond donors (Lipinski definition) is 1. The van der Waals surface area contributed by atoms with Crippen molar-refractivity contribution in [2.45, 2.75) is 0 Å². The number of nitrogen functional groups attached to an aromatic ring is 1. The first-order valence-corrected chi connectivity index (χ1v) is 5.99. The van der Waals surface area contributed by atoms with Crippen molar-refractivity contribution in [1.29, 1.82) is 0 Å². The zero-order valence-electron chi connectivity index (χ0n) is 9.80. The van der Waals surface area contributed by atoms with E-state index in [0.717, 1.165) is 5.75 Å². The third-order valence-electron chi connectivity index (χ3n) is 2.31. The summed E-state index contributed by atoms with van der Waals surface area (Å²) in [6.45, 7) is 0.892. The Balaban J connectivity index is 1.79. The van der Waals surface area contributed by atoms with Gasteiger partial charge in [-0.25, -0.2) is 0 Å². The first-order chi connectivity index (χ1) is 8.75. The second-order valence-corrected chi connectivity index (χ2v) is 4.11. The average molecular weight is 264 g/mol. The van der Waals surface area contributed by atoms with E-state index < -0.39 is 0 Å². The van der Waals surface area contributed by atoms with Gasteiger partial charge < -0.3 is 15.2 Å². The minimum atomic E-state index is 0.429. The number of nitrogens with two attached hydrogens (primary N) is 1. The van der Waals surface area contributed by atoms with Crippen molar-refractivity contribution in [2.75, 3.05) is 18.9 Å². The van der Waals surface area contributed by atoms with Crippen LogP contribution in [-0.2, 0) is 0 Å². The van der Waals surface area contributed by atoms with Gasteiger partial charge in [0.25, 0.3) is 0 Å². The van der Waals surface area contributed by atoms with Crippen LogP contribution in [0.25, 0.3) is 0 Å². The molecule has 0 bridgehead atoms. The highest BCUT2D eigenvalue weighted by atomic mass is 35.5. The number of benzene rings is 2. The SMILES string of the molecule is Nc1ccc(OCCOc2ccccc2)c(Cl)c1.